The third kappa shape index (κ3) is 6.24. The van der Waals surface area contributed by atoms with Gasteiger partial charge >= 0.3 is 6.85 Å². The lowest BCUT2D eigenvalue weighted by Gasteiger charge is -2.43. The molecule has 16 rings (SSSR count). The van der Waals surface area contributed by atoms with Crippen LogP contribution in [0.3, 0.4) is 0 Å². The molecule has 10 aromatic rings. The minimum absolute atomic E-state index is 0.0236. The molecule has 4 atom stereocenters. The van der Waals surface area contributed by atoms with Gasteiger partial charge in [-0.05, 0) is 210 Å². The summed E-state index contributed by atoms with van der Waals surface area (Å²) < 4.78 is 5.67. The van der Waals surface area contributed by atoms with E-state index in [1.54, 1.807) is 16.7 Å². The second-order valence-electron chi connectivity index (χ2n) is 24.6. The molecule has 4 heterocycles. The van der Waals surface area contributed by atoms with Crippen molar-refractivity contribution in [1.82, 2.24) is 4.48 Å². The third-order valence-electron chi connectivity index (χ3n) is 20.1. The molecule has 4 bridgehead atoms. The normalized spacial score (nSPS) is 23.4. The monoisotopic (exact) mass is 976 g/mol. The molecule has 2 aromatic heterocycles. The highest BCUT2D eigenvalue weighted by atomic mass is 32.1. The maximum atomic E-state index is 2.89. The predicted octanol–water partition coefficient (Wildman–Crippen LogP) is 18.3. The smallest absolute Gasteiger partial charge is 0.334 e. The van der Waals surface area contributed by atoms with Crippen molar-refractivity contribution in [1.29, 1.82) is 0 Å². The molecule has 364 valence electrons. The molecule has 2 nitrogen and oxygen atoms in total. The van der Waals surface area contributed by atoms with Gasteiger partial charge in [0, 0.05) is 69.9 Å². The predicted molar refractivity (Wildman–Crippen MR) is 319 cm³/mol. The van der Waals surface area contributed by atoms with Crippen molar-refractivity contribution < 1.29 is 0 Å². The summed E-state index contributed by atoms with van der Waals surface area (Å²) in [6.45, 7) is 9.68. The third-order valence-corrected chi connectivity index (χ3v) is 21.3. The molecule has 0 spiro atoms. The quantitative estimate of drug-likeness (QED) is 0.109. The van der Waals surface area contributed by atoms with Gasteiger partial charge in [0.15, 0.2) is 0 Å². The van der Waals surface area contributed by atoms with Crippen molar-refractivity contribution in [2.24, 2.45) is 17.8 Å². The first-order valence-corrected chi connectivity index (χ1v) is 29.4. The van der Waals surface area contributed by atoms with Crippen molar-refractivity contribution in [3.8, 4) is 22.3 Å². The largest absolute Gasteiger partial charge is 0.375 e. The van der Waals surface area contributed by atoms with Gasteiger partial charge in [-0.1, -0.05) is 131 Å². The maximum absolute atomic E-state index is 2.89. The number of anilines is 3. The molecule has 3 saturated carbocycles. The summed E-state index contributed by atoms with van der Waals surface area (Å²) in [6.07, 6.45) is 19.2. The van der Waals surface area contributed by atoms with Gasteiger partial charge in [0.25, 0.3) is 0 Å². The Labute approximate surface area is 441 Å². The summed E-state index contributed by atoms with van der Waals surface area (Å²) >= 11 is 2.02. The Morgan fingerprint density at radius 1 is 0.662 bits per heavy atom. The van der Waals surface area contributed by atoms with Crippen molar-refractivity contribution in [3.05, 3.63) is 173 Å². The van der Waals surface area contributed by atoms with Crippen LogP contribution in [0.4, 0.5) is 17.1 Å². The van der Waals surface area contributed by atoms with Crippen LogP contribution in [0, 0.1) is 24.7 Å². The SMILES string of the molecule is CCCCc1ccc(N2c3cc(C)cc4c3B(c3c2ccc2c3sc3cc5ccccc5cc32)n2c3ccc(C56CC=C(CC(C)C5)C6)cc3c3cc(C5(CC)CC6CCC(C6)C5)cc-4c32)c(-c2ccccc2)c1. The number of nitrogens with zero attached hydrogens (tertiary/aromatic N) is 2. The molecule has 3 fully saturated rings. The highest BCUT2D eigenvalue weighted by Gasteiger charge is 2.48. The van der Waals surface area contributed by atoms with E-state index in [4.69, 9.17) is 0 Å². The topological polar surface area (TPSA) is 8.17 Å². The minimum Gasteiger partial charge on any atom is -0.375 e. The second-order valence-corrected chi connectivity index (χ2v) is 25.7. The van der Waals surface area contributed by atoms with E-state index < -0.39 is 0 Å². The van der Waals surface area contributed by atoms with Crippen LogP contribution in [0.5, 0.6) is 0 Å². The highest BCUT2D eigenvalue weighted by Crippen LogP contribution is 2.57. The van der Waals surface area contributed by atoms with Crippen LogP contribution in [-0.4, -0.2) is 11.3 Å². The molecule has 4 unspecified atom stereocenters. The lowest BCUT2D eigenvalue weighted by molar-refractivity contribution is 0.207. The van der Waals surface area contributed by atoms with E-state index in [2.05, 4.69) is 183 Å². The second kappa shape index (κ2) is 16.1. The van der Waals surface area contributed by atoms with E-state index in [1.807, 2.05) is 11.3 Å². The Bertz CT molecular complexity index is 4040. The van der Waals surface area contributed by atoms with Crippen LogP contribution in [0.25, 0.3) is 75.0 Å². The van der Waals surface area contributed by atoms with E-state index in [1.165, 1.54) is 191 Å². The maximum Gasteiger partial charge on any atom is 0.334 e. The van der Waals surface area contributed by atoms with Crippen molar-refractivity contribution in [2.45, 2.75) is 122 Å². The van der Waals surface area contributed by atoms with Gasteiger partial charge < -0.3 is 9.38 Å². The standard InChI is InChI=1S/C70H65BN2S/c1-5-7-13-44-20-23-60(54(32-44)48-14-9-8-10-15-48)72-62-25-22-53-56-33-49-16-11-12-17-50(49)34-64(56)74-68(53)66(62)71-65-57(29-42(3)30-63(65)72)59-37-52(69(6-2)39-45-18-19-46(31-45)40-69)36-58-55-35-51(21-24-61(55)73(71)67(58)59)70-27-26-47(41-70)28-43(4)38-70/h8-12,14-17,20-26,29-30,32-37,43,45-46H,5-7,13,18-19,27-28,31,38-41H2,1-4H3. The zero-order chi connectivity index (χ0) is 49.2. The van der Waals surface area contributed by atoms with E-state index in [9.17, 15) is 0 Å². The Morgan fingerprint density at radius 3 is 2.28 bits per heavy atom. The fourth-order valence-electron chi connectivity index (χ4n) is 16.9. The Kier molecular flexibility index (Phi) is 9.56. The van der Waals surface area contributed by atoms with Crippen LogP contribution in [0.1, 0.15) is 120 Å². The van der Waals surface area contributed by atoms with Gasteiger partial charge in [-0.15, -0.1) is 11.3 Å². The lowest BCUT2D eigenvalue weighted by Crippen LogP contribution is -2.57. The molecular weight excluding hydrogens is 912 g/mol. The number of rotatable bonds is 8. The summed E-state index contributed by atoms with van der Waals surface area (Å²) in [5.41, 5.74) is 23.1. The number of hydrogen-bond donors (Lipinski definition) is 0. The molecular formula is C70H65BN2S. The summed E-state index contributed by atoms with van der Waals surface area (Å²) in [5, 5.41) is 8.29. The molecule has 4 heteroatoms. The first kappa shape index (κ1) is 44.0. The van der Waals surface area contributed by atoms with E-state index in [0.29, 0.717) is 0 Å². The number of thiophene rings is 1. The number of allylic oxidation sites excluding steroid dienone is 2. The van der Waals surface area contributed by atoms with Gasteiger partial charge in [-0.3, -0.25) is 0 Å². The van der Waals surface area contributed by atoms with Crippen LogP contribution >= 0.6 is 11.3 Å². The summed E-state index contributed by atoms with van der Waals surface area (Å²) in [5.74, 6) is 2.41. The molecule has 0 amide bonds. The molecule has 2 aliphatic heterocycles. The number of benzene rings is 8. The molecule has 8 aromatic carbocycles. The Morgan fingerprint density at radius 2 is 1.46 bits per heavy atom. The Hall–Kier alpha value is -6.36. The van der Waals surface area contributed by atoms with Crippen LogP contribution in [-0.2, 0) is 17.3 Å². The zero-order valence-electron chi connectivity index (χ0n) is 43.7. The van der Waals surface area contributed by atoms with Gasteiger partial charge in [0.1, 0.15) is 0 Å². The highest BCUT2D eigenvalue weighted by molar-refractivity contribution is 7.27. The van der Waals surface area contributed by atoms with Gasteiger partial charge in [-0.2, -0.15) is 0 Å². The fourth-order valence-corrected chi connectivity index (χ4v) is 18.2. The van der Waals surface area contributed by atoms with Crippen molar-refractivity contribution in [3.63, 3.8) is 0 Å². The minimum atomic E-state index is -0.0236. The summed E-state index contributed by atoms with van der Waals surface area (Å²) in [4.78, 5) is 2.72. The number of aryl methyl sites for hydroxylation is 2. The summed E-state index contributed by atoms with van der Waals surface area (Å²) in [6, 6.07) is 56.2. The zero-order valence-corrected chi connectivity index (χ0v) is 44.5. The first-order chi connectivity index (χ1) is 36.3. The fraction of sp³-hybridized carbons (Fsp3) is 0.314. The average molecular weight is 977 g/mol. The molecule has 0 saturated heterocycles. The van der Waals surface area contributed by atoms with Crippen molar-refractivity contribution in [2.75, 3.05) is 4.90 Å². The number of unbranched alkanes of at least 4 members (excludes halogenated alkanes) is 1. The van der Waals surface area contributed by atoms with E-state index in [0.717, 1.165) is 24.2 Å². The van der Waals surface area contributed by atoms with Gasteiger partial charge in [0.05, 0.1) is 5.69 Å². The average Bonchev–Trinajstić information content (AvgIpc) is 4.20. The number of hydrogen-bond acceptors (Lipinski definition) is 2. The number of fused-ring (bicyclic) bond motifs is 16. The van der Waals surface area contributed by atoms with Gasteiger partial charge in [0.2, 0.25) is 0 Å². The van der Waals surface area contributed by atoms with Gasteiger partial charge in [-0.25, -0.2) is 0 Å². The van der Waals surface area contributed by atoms with Crippen LogP contribution in [0.15, 0.2) is 151 Å². The van der Waals surface area contributed by atoms with Crippen molar-refractivity contribution >= 4 is 98.9 Å². The summed E-state index contributed by atoms with van der Waals surface area (Å²) in [7, 11) is 0. The first-order valence-electron chi connectivity index (χ1n) is 28.6. The molecule has 0 radical (unpaired) electrons. The number of aromatic nitrogens is 1. The van der Waals surface area contributed by atoms with Crippen LogP contribution < -0.4 is 15.8 Å². The van der Waals surface area contributed by atoms with Crippen LogP contribution in [0.2, 0.25) is 0 Å². The molecule has 0 N–H and O–H groups in total. The molecule has 74 heavy (non-hydrogen) atoms. The lowest BCUT2D eigenvalue weighted by atomic mass is 9.44. The van der Waals surface area contributed by atoms with E-state index >= 15 is 0 Å². The molecule has 4 aliphatic carbocycles. The molecule has 6 aliphatic rings. The Balaban J connectivity index is 1.03. The van der Waals surface area contributed by atoms with E-state index in [-0.39, 0.29) is 17.7 Å².